The van der Waals surface area contributed by atoms with Gasteiger partial charge < -0.3 is 9.26 Å². The lowest BCUT2D eigenvalue weighted by molar-refractivity contribution is -0.0264. The summed E-state index contributed by atoms with van der Waals surface area (Å²) in [5.74, 6) is 0.388. The maximum Gasteiger partial charge on any atom is 0.530 e. The highest BCUT2D eigenvalue weighted by Crippen LogP contribution is 2.55. The summed E-state index contributed by atoms with van der Waals surface area (Å²) in [7, 11) is -3.79. The van der Waals surface area contributed by atoms with E-state index in [4.69, 9.17) is 41.5 Å². The van der Waals surface area contributed by atoms with Gasteiger partial charge in [-0.1, -0.05) is 23.2 Å². The zero-order valence-electron chi connectivity index (χ0n) is 14.3. The van der Waals surface area contributed by atoms with Crippen LogP contribution in [0.25, 0.3) is 0 Å². The molecule has 0 amide bonds. The quantitative estimate of drug-likeness (QED) is 0.714. The van der Waals surface area contributed by atoms with E-state index in [2.05, 4.69) is 4.98 Å². The molecule has 1 N–H and O–H groups in total. The third kappa shape index (κ3) is 4.05. The molecule has 0 bridgehead atoms. The third-order valence-corrected chi connectivity index (χ3v) is 6.18. The number of H-pyrrole nitrogens is 1. The van der Waals surface area contributed by atoms with Gasteiger partial charge in [0.15, 0.2) is 0 Å². The predicted molar refractivity (Wildman–Crippen MR) is 99.9 cm³/mol. The number of nitrogens with zero attached hydrogens (tertiary/aromatic N) is 1. The molecule has 0 spiro atoms. The van der Waals surface area contributed by atoms with E-state index < -0.39 is 31.4 Å². The number of hydrogen-bond donors (Lipinski definition) is 1. The Morgan fingerprint density at radius 1 is 1.29 bits per heavy atom. The number of aromatic nitrogens is 2. The summed E-state index contributed by atoms with van der Waals surface area (Å²) in [5, 5.41) is 0.404. The Morgan fingerprint density at radius 3 is 2.93 bits per heavy atom. The molecule has 28 heavy (non-hydrogen) atoms. The minimum atomic E-state index is -3.79. The van der Waals surface area contributed by atoms with Gasteiger partial charge in [0.1, 0.15) is 17.0 Å². The van der Waals surface area contributed by atoms with Crippen LogP contribution in [0.15, 0.2) is 34.0 Å². The largest absolute Gasteiger partial charge is 0.530 e. The first-order valence-corrected chi connectivity index (χ1v) is 10.6. The molecule has 0 radical (unpaired) electrons. The van der Waals surface area contributed by atoms with Crippen LogP contribution in [-0.2, 0) is 25.0 Å². The third-order valence-electron chi connectivity index (χ3n) is 4.35. The summed E-state index contributed by atoms with van der Waals surface area (Å²) in [6.07, 6.45) is 1.21. The van der Waals surface area contributed by atoms with Gasteiger partial charge in [0, 0.05) is 16.8 Å². The SMILES string of the molecule is O=c1[nH]c(=O)n(C2CCC(COP3(=O)OCc4cc(Cl)ccc4O3)O2)cc1Cl. The minimum Gasteiger partial charge on any atom is -0.404 e. The highest BCUT2D eigenvalue weighted by molar-refractivity contribution is 7.49. The zero-order chi connectivity index (χ0) is 19.9. The Kier molecular flexibility index (Phi) is 5.39. The van der Waals surface area contributed by atoms with E-state index in [1.54, 1.807) is 18.2 Å². The van der Waals surface area contributed by atoms with Crippen molar-refractivity contribution in [2.24, 2.45) is 0 Å². The summed E-state index contributed by atoms with van der Waals surface area (Å²) >= 11 is 11.7. The molecule has 3 unspecified atom stereocenters. The summed E-state index contributed by atoms with van der Waals surface area (Å²) in [6.45, 7) is -0.00483. The van der Waals surface area contributed by atoms with Crippen molar-refractivity contribution in [3.63, 3.8) is 0 Å². The molecule has 4 rings (SSSR count). The molecule has 2 aliphatic rings. The lowest BCUT2D eigenvalue weighted by atomic mass is 10.2. The Morgan fingerprint density at radius 2 is 2.11 bits per heavy atom. The lowest BCUT2D eigenvalue weighted by Crippen LogP contribution is -2.32. The maximum absolute atomic E-state index is 12.7. The van der Waals surface area contributed by atoms with Gasteiger partial charge in [-0.15, -0.1) is 0 Å². The molecule has 0 aliphatic carbocycles. The van der Waals surface area contributed by atoms with Gasteiger partial charge in [0.05, 0.1) is 19.3 Å². The van der Waals surface area contributed by atoms with Crippen LogP contribution in [-0.4, -0.2) is 22.3 Å². The molecule has 9 nitrogen and oxygen atoms in total. The number of phosphoric ester groups is 1. The van der Waals surface area contributed by atoms with Crippen molar-refractivity contribution in [1.29, 1.82) is 0 Å². The second-order valence-electron chi connectivity index (χ2n) is 6.29. The van der Waals surface area contributed by atoms with E-state index in [0.717, 1.165) is 0 Å². The van der Waals surface area contributed by atoms with Crippen LogP contribution in [0, 0.1) is 0 Å². The molecule has 1 saturated heterocycles. The fourth-order valence-electron chi connectivity index (χ4n) is 2.97. The van der Waals surface area contributed by atoms with Crippen molar-refractivity contribution < 1.29 is 22.9 Å². The normalized spacial score (nSPS) is 26.6. The number of rotatable bonds is 4. The Labute approximate surface area is 168 Å². The first-order valence-electron chi connectivity index (χ1n) is 8.36. The molecule has 2 aromatic rings. The van der Waals surface area contributed by atoms with Gasteiger partial charge in [-0.05, 0) is 31.0 Å². The van der Waals surface area contributed by atoms with Crippen LogP contribution in [0.4, 0.5) is 0 Å². The van der Waals surface area contributed by atoms with Gasteiger partial charge >= 0.3 is 13.5 Å². The summed E-state index contributed by atoms with van der Waals surface area (Å²) in [5.41, 5.74) is -0.607. The molecule has 12 heteroatoms. The molecular formula is C16H15Cl2N2O7P. The van der Waals surface area contributed by atoms with Crippen LogP contribution >= 0.6 is 31.0 Å². The van der Waals surface area contributed by atoms with E-state index in [1.165, 1.54) is 10.8 Å². The summed E-state index contributed by atoms with van der Waals surface area (Å²) in [4.78, 5) is 25.4. The molecule has 1 fully saturated rings. The molecule has 1 aromatic carbocycles. The summed E-state index contributed by atoms with van der Waals surface area (Å²) < 4.78 is 35.6. The van der Waals surface area contributed by atoms with Crippen LogP contribution in [0.1, 0.15) is 24.6 Å². The Bertz CT molecular complexity index is 1070. The van der Waals surface area contributed by atoms with Gasteiger partial charge in [0.25, 0.3) is 5.56 Å². The topological polar surface area (TPSA) is 109 Å². The molecule has 3 heterocycles. The van der Waals surface area contributed by atoms with Crippen molar-refractivity contribution in [1.82, 2.24) is 9.55 Å². The second kappa shape index (κ2) is 7.67. The predicted octanol–water partition coefficient (Wildman–Crippen LogP) is 3.25. The molecule has 2 aliphatic heterocycles. The van der Waals surface area contributed by atoms with E-state index in [-0.39, 0.29) is 18.2 Å². The maximum atomic E-state index is 12.7. The van der Waals surface area contributed by atoms with Gasteiger partial charge in [-0.3, -0.25) is 23.4 Å². The monoisotopic (exact) mass is 448 g/mol. The first kappa shape index (κ1) is 19.7. The lowest BCUT2D eigenvalue weighted by Gasteiger charge is -2.25. The molecule has 3 atom stereocenters. The molecular weight excluding hydrogens is 434 g/mol. The van der Waals surface area contributed by atoms with Crippen molar-refractivity contribution >= 4 is 31.0 Å². The van der Waals surface area contributed by atoms with Gasteiger partial charge in [0.2, 0.25) is 0 Å². The minimum absolute atomic E-state index is 0.0482. The standard InChI is InChI=1S/C16H15Cl2N2O7P/c17-10-1-3-13-9(5-10)7-24-28(23,27-13)25-8-11-2-4-14(26-11)20-6-12(18)15(21)19-16(20)22/h1,3,5-6,11,14H,2,4,7-8H2,(H,19,21,22). The fraction of sp³-hybridized carbons (Fsp3) is 0.375. The van der Waals surface area contributed by atoms with Crippen molar-refractivity contribution in [3.05, 3.63) is 60.8 Å². The molecule has 1 aromatic heterocycles. The highest BCUT2D eigenvalue weighted by Gasteiger charge is 2.37. The van der Waals surface area contributed by atoms with Crippen molar-refractivity contribution in [3.8, 4) is 5.75 Å². The van der Waals surface area contributed by atoms with E-state index in [9.17, 15) is 14.2 Å². The van der Waals surface area contributed by atoms with Gasteiger partial charge in [-0.25, -0.2) is 9.36 Å². The highest BCUT2D eigenvalue weighted by atomic mass is 35.5. The summed E-state index contributed by atoms with van der Waals surface area (Å²) in [6, 6.07) is 4.89. The smallest absolute Gasteiger partial charge is 0.404 e. The van der Waals surface area contributed by atoms with Crippen LogP contribution in [0.3, 0.4) is 0 Å². The number of hydrogen-bond acceptors (Lipinski definition) is 7. The fourth-order valence-corrected chi connectivity index (χ4v) is 4.56. The first-order chi connectivity index (χ1) is 13.3. The van der Waals surface area contributed by atoms with Crippen molar-refractivity contribution in [2.75, 3.05) is 6.61 Å². The number of benzene rings is 1. The van der Waals surface area contributed by atoms with E-state index in [1.807, 2.05) is 0 Å². The average molecular weight is 449 g/mol. The number of halogens is 2. The number of aromatic amines is 1. The van der Waals surface area contributed by atoms with Crippen molar-refractivity contribution in [2.45, 2.75) is 31.8 Å². The number of ether oxygens (including phenoxy) is 1. The Hall–Kier alpha value is -1.61. The molecule has 0 saturated carbocycles. The Balaban J connectivity index is 1.38. The van der Waals surface area contributed by atoms with Crippen LogP contribution in [0.5, 0.6) is 5.75 Å². The number of nitrogens with one attached hydrogen (secondary N) is 1. The van der Waals surface area contributed by atoms with Gasteiger partial charge in [-0.2, -0.15) is 0 Å². The van der Waals surface area contributed by atoms with E-state index in [0.29, 0.717) is 29.2 Å². The number of fused-ring (bicyclic) bond motifs is 1. The van der Waals surface area contributed by atoms with E-state index >= 15 is 0 Å². The van der Waals surface area contributed by atoms with Crippen LogP contribution in [0.2, 0.25) is 10.0 Å². The zero-order valence-corrected chi connectivity index (χ0v) is 16.7. The van der Waals surface area contributed by atoms with Crippen LogP contribution < -0.4 is 15.8 Å². The number of phosphoric acid groups is 1. The second-order valence-corrected chi connectivity index (χ2v) is 8.73. The molecule has 150 valence electrons. The average Bonchev–Trinajstić information content (AvgIpc) is 3.12.